The van der Waals surface area contributed by atoms with Crippen LogP contribution in [0.3, 0.4) is 0 Å². The van der Waals surface area contributed by atoms with E-state index in [0.717, 1.165) is 16.0 Å². The third-order valence-corrected chi connectivity index (χ3v) is 11.9. The van der Waals surface area contributed by atoms with Crippen LogP contribution in [0, 0.1) is 22.9 Å². The Hall–Kier alpha value is -2.16. The van der Waals surface area contributed by atoms with Gasteiger partial charge in [0, 0.05) is 32.1 Å². The highest BCUT2D eigenvalue weighted by molar-refractivity contribution is 8.37. The Morgan fingerprint density at radius 3 is 1.92 bits per heavy atom. The molecule has 0 saturated carbocycles. The maximum Gasteiger partial charge on any atom is 0.0776 e. The number of hydrogen-bond donors (Lipinski definition) is 0. The molecule has 5 rings (SSSR count). The van der Waals surface area contributed by atoms with Crippen molar-refractivity contribution in [2.75, 3.05) is 6.26 Å². The predicted octanol–water partition coefficient (Wildman–Crippen LogP) is 10.2. The van der Waals surface area contributed by atoms with E-state index in [1.807, 2.05) is 53.3 Å². The maximum atomic E-state index is 3.52. The van der Waals surface area contributed by atoms with E-state index in [0.29, 0.717) is 5.92 Å². The van der Waals surface area contributed by atoms with Crippen LogP contribution in [0.25, 0.3) is 9.81 Å². The molecule has 3 aromatic rings. The van der Waals surface area contributed by atoms with Crippen LogP contribution >= 0.6 is 58.2 Å². The van der Waals surface area contributed by atoms with Crippen molar-refractivity contribution in [1.82, 2.24) is 0 Å². The van der Waals surface area contributed by atoms with Crippen molar-refractivity contribution in [3.05, 3.63) is 125 Å². The zero-order valence-electron chi connectivity index (χ0n) is 20.2. The fraction of sp³-hybridized carbons (Fsp3) is 0.129. The second-order valence-corrected chi connectivity index (χ2v) is 13.6. The molecule has 2 aliphatic heterocycles. The topological polar surface area (TPSA) is 0 Å². The van der Waals surface area contributed by atoms with Gasteiger partial charge in [0.2, 0.25) is 0 Å². The zero-order valence-corrected chi connectivity index (χ0v) is 24.3. The number of allylic oxidation sites excluding steroid dienone is 2. The summed E-state index contributed by atoms with van der Waals surface area (Å²) in [7, 11) is 0. The van der Waals surface area contributed by atoms with Crippen LogP contribution < -0.4 is 0 Å². The van der Waals surface area contributed by atoms with Gasteiger partial charge in [0.1, 0.15) is 0 Å². The minimum atomic E-state index is 0.482. The molecule has 0 amide bonds. The predicted molar refractivity (Wildman–Crippen MR) is 169 cm³/mol. The molecule has 0 saturated heterocycles. The molecule has 0 unspecified atom stereocenters. The molecule has 0 N–H and O–H groups in total. The van der Waals surface area contributed by atoms with Gasteiger partial charge >= 0.3 is 0 Å². The highest BCUT2D eigenvalue weighted by Crippen LogP contribution is 2.64. The first-order valence-electron chi connectivity index (χ1n) is 11.6. The lowest BCUT2D eigenvalue weighted by atomic mass is 10.1. The van der Waals surface area contributed by atoms with Crippen molar-refractivity contribution in [1.29, 1.82) is 0 Å². The first-order valence-corrected chi connectivity index (χ1v) is 16.1. The van der Waals surface area contributed by atoms with Crippen LogP contribution in [0.15, 0.2) is 103 Å². The highest BCUT2D eigenvalue weighted by atomic mass is 32.2. The highest BCUT2D eigenvalue weighted by Gasteiger charge is 2.31. The molecule has 3 aromatic carbocycles. The molecule has 0 aromatic heterocycles. The Morgan fingerprint density at radius 2 is 1.25 bits per heavy atom. The minimum absolute atomic E-state index is 0.482. The van der Waals surface area contributed by atoms with Crippen molar-refractivity contribution in [3.63, 3.8) is 0 Å². The summed E-state index contributed by atoms with van der Waals surface area (Å²) >= 11 is 9.12. The Balaban J connectivity index is 1.49. The lowest BCUT2D eigenvalue weighted by molar-refractivity contribution is 0.822. The van der Waals surface area contributed by atoms with E-state index in [2.05, 4.69) is 116 Å². The van der Waals surface area contributed by atoms with E-state index in [4.69, 9.17) is 0 Å². The summed E-state index contributed by atoms with van der Waals surface area (Å²) in [4.78, 5) is 5.21. The number of rotatable bonds is 3. The lowest BCUT2D eigenvalue weighted by Crippen LogP contribution is -1.89. The number of thioether (sulfide) groups is 4. The molecule has 0 aliphatic carbocycles. The normalized spacial score (nSPS) is 17.3. The molecule has 0 radical (unpaired) electrons. The van der Waals surface area contributed by atoms with E-state index in [9.17, 15) is 0 Å². The van der Waals surface area contributed by atoms with E-state index >= 15 is 0 Å². The summed E-state index contributed by atoms with van der Waals surface area (Å²) in [6.07, 6.45) is 2.03. The van der Waals surface area contributed by atoms with Crippen LogP contribution in [0.2, 0.25) is 0 Å². The largest absolute Gasteiger partial charge is 0.133 e. The summed E-state index contributed by atoms with van der Waals surface area (Å²) in [5, 5.41) is 3.30. The van der Waals surface area contributed by atoms with Gasteiger partial charge in [-0.15, -0.1) is 11.2 Å². The van der Waals surface area contributed by atoms with Crippen molar-refractivity contribution in [2.45, 2.75) is 13.8 Å². The van der Waals surface area contributed by atoms with Crippen LogP contribution in [-0.2, 0) is 0 Å². The van der Waals surface area contributed by atoms with E-state index in [1.165, 1.54) is 34.3 Å². The second-order valence-electron chi connectivity index (χ2n) is 8.36. The SMILES string of the molecule is CS#Cc1cccc(C#CC2=C(c3ccccc3)S/C(=C3/SC(c4ccccc4)=C(C(C)C)S3)S2)c1. The molecule has 5 heteroatoms. The number of hydrogen-bond acceptors (Lipinski definition) is 4. The van der Waals surface area contributed by atoms with Gasteiger partial charge < -0.3 is 0 Å². The molecule has 2 aliphatic rings. The molecule has 2 heterocycles. The van der Waals surface area contributed by atoms with Crippen LogP contribution in [0.1, 0.15) is 36.1 Å². The third-order valence-electron chi connectivity index (χ3n) is 5.38. The lowest BCUT2D eigenvalue weighted by Gasteiger charge is -2.08. The molecule has 0 atom stereocenters. The first kappa shape index (κ1) is 25.5. The summed E-state index contributed by atoms with van der Waals surface area (Å²) in [6.45, 7) is 4.58. The van der Waals surface area contributed by atoms with Crippen LogP contribution in [-0.4, -0.2) is 6.26 Å². The van der Waals surface area contributed by atoms with Crippen molar-refractivity contribution in [3.8, 4) is 17.0 Å². The molecule has 0 fully saturated rings. The minimum Gasteiger partial charge on any atom is -0.133 e. The summed E-state index contributed by atoms with van der Waals surface area (Å²) in [5.74, 6) is 7.42. The van der Waals surface area contributed by atoms with E-state index in [-0.39, 0.29) is 0 Å². The fourth-order valence-corrected chi connectivity index (χ4v) is 9.77. The Bertz CT molecular complexity index is 1500. The number of benzene rings is 3. The molecule has 0 nitrogen and oxygen atoms in total. The van der Waals surface area contributed by atoms with Crippen molar-refractivity contribution >= 4 is 68.0 Å². The molecule has 36 heavy (non-hydrogen) atoms. The average Bonchev–Trinajstić information content (AvgIpc) is 3.54. The van der Waals surface area contributed by atoms with Gasteiger partial charge in [-0.05, 0) is 35.2 Å². The fourth-order valence-electron chi connectivity index (χ4n) is 3.72. The zero-order chi connectivity index (χ0) is 24.9. The van der Waals surface area contributed by atoms with Gasteiger partial charge in [0.05, 0.1) is 13.4 Å². The van der Waals surface area contributed by atoms with E-state index in [1.54, 1.807) is 11.2 Å². The standard InChI is InChI=1S/C31H24S5/c1-21(2)27-29(25-15-8-5-9-16-25)36-31(34-27)30-33-26(28(35-30)24-13-6-4-7-14-24)18-17-22-11-10-12-23(19-22)20-32-3/h4-16,19,21H,1-3H3/b31-30+. The monoisotopic (exact) mass is 556 g/mol. The van der Waals surface area contributed by atoms with Crippen molar-refractivity contribution in [2.24, 2.45) is 5.92 Å². The molecule has 0 spiro atoms. The Kier molecular flexibility index (Phi) is 8.44. The van der Waals surface area contributed by atoms with Gasteiger partial charge in [-0.25, -0.2) is 0 Å². The van der Waals surface area contributed by atoms with Crippen LogP contribution in [0.5, 0.6) is 0 Å². The summed E-state index contributed by atoms with van der Waals surface area (Å²) < 4.78 is 2.69. The Morgan fingerprint density at radius 1 is 0.639 bits per heavy atom. The molecular weight excluding hydrogens is 533 g/mol. The smallest absolute Gasteiger partial charge is 0.0776 e. The van der Waals surface area contributed by atoms with Gasteiger partial charge in [-0.1, -0.05) is 145 Å². The summed E-state index contributed by atoms with van der Waals surface area (Å²) in [6, 6.07) is 29.7. The molecule has 178 valence electrons. The van der Waals surface area contributed by atoms with Gasteiger partial charge in [0.15, 0.2) is 0 Å². The van der Waals surface area contributed by atoms with Gasteiger partial charge in [-0.3, -0.25) is 0 Å². The van der Waals surface area contributed by atoms with Gasteiger partial charge in [-0.2, -0.15) is 0 Å². The molecule has 0 bridgehead atoms. The van der Waals surface area contributed by atoms with Crippen molar-refractivity contribution < 1.29 is 0 Å². The first-order chi connectivity index (χ1) is 17.6. The second kappa shape index (κ2) is 11.9. The Labute approximate surface area is 235 Å². The average molecular weight is 557 g/mol. The maximum absolute atomic E-state index is 3.52. The van der Waals surface area contributed by atoms with Gasteiger partial charge in [0.25, 0.3) is 0 Å². The van der Waals surface area contributed by atoms with E-state index < -0.39 is 0 Å². The summed E-state index contributed by atoms with van der Waals surface area (Å²) in [5.41, 5.74) is 4.61. The molecular formula is C31H24S5. The quantitative estimate of drug-likeness (QED) is 0.294. The van der Waals surface area contributed by atoms with Crippen LogP contribution in [0.4, 0.5) is 0 Å². The third kappa shape index (κ3) is 5.87.